The van der Waals surface area contributed by atoms with Crippen molar-refractivity contribution in [3.63, 3.8) is 0 Å². The Morgan fingerprint density at radius 1 is 1.42 bits per heavy atom. The molecule has 1 amide bonds. The summed E-state index contributed by atoms with van der Waals surface area (Å²) in [5, 5.41) is 21.0. The number of phenols is 1. The van der Waals surface area contributed by atoms with E-state index in [-0.39, 0.29) is 23.6 Å². The number of rotatable bonds is 6. The molecule has 1 aromatic rings. The number of carbonyl (C=O) groups excluding carboxylic acids is 1. The molecule has 1 aromatic carbocycles. The van der Waals surface area contributed by atoms with Gasteiger partial charge in [-0.05, 0) is 18.6 Å². The number of benzene rings is 1. The van der Waals surface area contributed by atoms with E-state index in [0.717, 1.165) is 0 Å². The van der Waals surface area contributed by atoms with E-state index < -0.39 is 17.8 Å². The van der Waals surface area contributed by atoms with Gasteiger partial charge in [0.2, 0.25) is 0 Å². The van der Waals surface area contributed by atoms with Crippen LogP contribution < -0.4 is 10.1 Å². The van der Waals surface area contributed by atoms with Gasteiger partial charge in [0.15, 0.2) is 11.5 Å². The summed E-state index contributed by atoms with van der Waals surface area (Å²) in [4.78, 5) is 22.4. The van der Waals surface area contributed by atoms with Gasteiger partial charge in [-0.2, -0.15) is 0 Å². The molecule has 6 nitrogen and oxygen atoms in total. The molecule has 0 saturated carbocycles. The second kappa shape index (κ2) is 6.63. The lowest BCUT2D eigenvalue weighted by Gasteiger charge is -2.10. The number of aliphatic carboxylic acids is 1. The van der Waals surface area contributed by atoms with Gasteiger partial charge in [-0.1, -0.05) is 13.0 Å². The summed E-state index contributed by atoms with van der Waals surface area (Å²) >= 11 is 0. The Hall–Kier alpha value is -2.24. The number of carbonyl (C=O) groups is 2. The fourth-order valence-electron chi connectivity index (χ4n) is 1.49. The molecule has 0 radical (unpaired) electrons. The molecule has 0 aliphatic heterocycles. The van der Waals surface area contributed by atoms with E-state index in [1.54, 1.807) is 19.1 Å². The van der Waals surface area contributed by atoms with Gasteiger partial charge < -0.3 is 20.3 Å². The highest BCUT2D eigenvalue weighted by atomic mass is 16.5. The van der Waals surface area contributed by atoms with Crippen molar-refractivity contribution in [3.05, 3.63) is 23.8 Å². The van der Waals surface area contributed by atoms with Crippen LogP contribution in [0.2, 0.25) is 0 Å². The molecule has 104 valence electrons. The Balaban J connectivity index is 2.62. The van der Waals surface area contributed by atoms with Gasteiger partial charge in [0, 0.05) is 6.54 Å². The van der Waals surface area contributed by atoms with Crippen LogP contribution in [0.25, 0.3) is 0 Å². The minimum Gasteiger partial charge on any atom is -0.504 e. The highest BCUT2D eigenvalue weighted by Crippen LogP contribution is 2.29. The van der Waals surface area contributed by atoms with Crippen LogP contribution in [-0.4, -0.2) is 35.7 Å². The Morgan fingerprint density at radius 3 is 2.68 bits per heavy atom. The van der Waals surface area contributed by atoms with Crippen LogP contribution in [0.3, 0.4) is 0 Å². The van der Waals surface area contributed by atoms with E-state index in [9.17, 15) is 14.7 Å². The van der Waals surface area contributed by atoms with Crippen LogP contribution in [0, 0.1) is 5.92 Å². The Labute approximate surface area is 111 Å². The average Bonchev–Trinajstić information content (AvgIpc) is 2.38. The number of amides is 1. The second-order valence-corrected chi connectivity index (χ2v) is 4.14. The van der Waals surface area contributed by atoms with E-state index in [0.29, 0.717) is 6.42 Å². The third-order valence-corrected chi connectivity index (χ3v) is 2.75. The Bertz CT molecular complexity index is 472. The first-order valence-electron chi connectivity index (χ1n) is 5.84. The Morgan fingerprint density at radius 2 is 2.11 bits per heavy atom. The Kier molecular flexibility index (Phi) is 5.17. The van der Waals surface area contributed by atoms with Gasteiger partial charge in [0.1, 0.15) is 0 Å². The molecule has 6 heteroatoms. The quantitative estimate of drug-likeness (QED) is 0.720. The lowest BCUT2D eigenvalue weighted by Crippen LogP contribution is -2.27. The molecule has 0 aliphatic rings. The normalized spacial score (nSPS) is 11.7. The van der Waals surface area contributed by atoms with E-state index in [4.69, 9.17) is 9.84 Å². The first kappa shape index (κ1) is 14.8. The lowest BCUT2D eigenvalue weighted by atomic mass is 10.1. The van der Waals surface area contributed by atoms with Crippen LogP contribution in [0.4, 0.5) is 0 Å². The van der Waals surface area contributed by atoms with Crippen LogP contribution in [0.1, 0.15) is 23.7 Å². The molecule has 0 aliphatic carbocycles. The number of carboxylic acid groups (broad SMARTS) is 1. The summed E-state index contributed by atoms with van der Waals surface area (Å²) in [5.74, 6) is -1.91. The van der Waals surface area contributed by atoms with Gasteiger partial charge in [0.25, 0.3) is 5.91 Å². The maximum absolute atomic E-state index is 11.8. The summed E-state index contributed by atoms with van der Waals surface area (Å²) in [6.07, 6.45) is 0.325. The minimum atomic E-state index is -0.904. The summed E-state index contributed by atoms with van der Waals surface area (Å²) in [7, 11) is 1.39. The van der Waals surface area contributed by atoms with E-state index in [2.05, 4.69) is 5.32 Å². The standard InChI is InChI=1S/C13H17NO5/c1-8(13(17)18)6-7-14-12(16)9-4-3-5-10(19-2)11(9)15/h3-5,8,15H,6-7H2,1-2H3,(H,14,16)(H,17,18). The zero-order chi connectivity index (χ0) is 14.4. The van der Waals surface area contributed by atoms with Gasteiger partial charge in [-0.3, -0.25) is 9.59 Å². The van der Waals surface area contributed by atoms with Crippen molar-refractivity contribution in [2.24, 2.45) is 5.92 Å². The van der Waals surface area contributed by atoms with Crippen LogP contribution in [0.5, 0.6) is 11.5 Å². The smallest absolute Gasteiger partial charge is 0.306 e. The number of ether oxygens (including phenoxy) is 1. The van der Waals surface area contributed by atoms with E-state index in [1.165, 1.54) is 13.2 Å². The number of carboxylic acids is 1. The highest BCUT2D eigenvalue weighted by molar-refractivity contribution is 5.97. The highest BCUT2D eigenvalue weighted by Gasteiger charge is 2.15. The maximum Gasteiger partial charge on any atom is 0.306 e. The lowest BCUT2D eigenvalue weighted by molar-refractivity contribution is -0.141. The molecule has 0 aromatic heterocycles. The molecular weight excluding hydrogens is 250 g/mol. The van der Waals surface area contributed by atoms with E-state index >= 15 is 0 Å². The average molecular weight is 267 g/mol. The van der Waals surface area contributed by atoms with Gasteiger partial charge >= 0.3 is 5.97 Å². The van der Waals surface area contributed by atoms with Crippen molar-refractivity contribution in [1.29, 1.82) is 0 Å². The molecule has 0 heterocycles. The predicted octanol–water partition coefficient (Wildman–Crippen LogP) is 1.24. The van der Waals surface area contributed by atoms with Crippen molar-refractivity contribution >= 4 is 11.9 Å². The molecule has 0 fully saturated rings. The molecule has 1 unspecified atom stereocenters. The van der Waals surface area contributed by atoms with Crippen molar-refractivity contribution < 1.29 is 24.5 Å². The fraction of sp³-hybridized carbons (Fsp3) is 0.385. The van der Waals surface area contributed by atoms with Crippen molar-refractivity contribution in [2.45, 2.75) is 13.3 Å². The number of phenolic OH excluding ortho intramolecular Hbond substituents is 1. The van der Waals surface area contributed by atoms with Crippen molar-refractivity contribution in [2.75, 3.05) is 13.7 Å². The largest absolute Gasteiger partial charge is 0.504 e. The van der Waals surface area contributed by atoms with Crippen molar-refractivity contribution in [1.82, 2.24) is 5.32 Å². The van der Waals surface area contributed by atoms with E-state index in [1.807, 2.05) is 0 Å². The number of aromatic hydroxyl groups is 1. The summed E-state index contributed by atoms with van der Waals surface area (Å²) < 4.78 is 4.90. The number of methoxy groups -OCH3 is 1. The zero-order valence-electron chi connectivity index (χ0n) is 10.8. The third-order valence-electron chi connectivity index (χ3n) is 2.75. The molecule has 0 spiro atoms. The SMILES string of the molecule is COc1cccc(C(=O)NCCC(C)C(=O)O)c1O. The number of hydrogen-bond acceptors (Lipinski definition) is 4. The minimum absolute atomic E-state index is 0.0994. The summed E-state index contributed by atoms with van der Waals surface area (Å²) in [5.41, 5.74) is 0.0994. The first-order chi connectivity index (χ1) is 8.97. The fourth-order valence-corrected chi connectivity index (χ4v) is 1.49. The monoisotopic (exact) mass is 267 g/mol. The van der Waals surface area contributed by atoms with Gasteiger partial charge in [0.05, 0.1) is 18.6 Å². The molecule has 1 atom stereocenters. The van der Waals surface area contributed by atoms with Crippen LogP contribution in [0.15, 0.2) is 18.2 Å². The third kappa shape index (κ3) is 3.87. The number of para-hydroxylation sites is 1. The topological polar surface area (TPSA) is 95.9 Å². The second-order valence-electron chi connectivity index (χ2n) is 4.14. The van der Waals surface area contributed by atoms with Crippen LogP contribution >= 0.6 is 0 Å². The zero-order valence-corrected chi connectivity index (χ0v) is 10.8. The maximum atomic E-state index is 11.8. The molecular formula is C13H17NO5. The molecule has 0 saturated heterocycles. The summed E-state index contributed by atoms with van der Waals surface area (Å²) in [6, 6.07) is 4.60. The molecule has 3 N–H and O–H groups in total. The number of nitrogens with one attached hydrogen (secondary N) is 1. The van der Waals surface area contributed by atoms with Crippen molar-refractivity contribution in [3.8, 4) is 11.5 Å². The molecule has 19 heavy (non-hydrogen) atoms. The summed E-state index contributed by atoms with van der Waals surface area (Å²) in [6.45, 7) is 1.79. The van der Waals surface area contributed by atoms with Gasteiger partial charge in [-0.15, -0.1) is 0 Å². The van der Waals surface area contributed by atoms with Crippen LogP contribution in [-0.2, 0) is 4.79 Å². The number of hydrogen-bond donors (Lipinski definition) is 3. The predicted molar refractivity (Wildman–Crippen MR) is 68.4 cm³/mol. The van der Waals surface area contributed by atoms with Gasteiger partial charge in [-0.25, -0.2) is 0 Å². The molecule has 0 bridgehead atoms. The first-order valence-corrected chi connectivity index (χ1v) is 5.84. The molecule has 1 rings (SSSR count).